The molecule has 2 aliphatic heterocycles. The number of anilines is 2. The molecule has 2 heterocycles. The lowest BCUT2D eigenvalue weighted by Gasteiger charge is -2.38. The third-order valence-corrected chi connectivity index (χ3v) is 11.8. The molecule has 0 saturated carbocycles. The number of carbonyl (C=O) groups excluding carboxylic acids is 1. The van der Waals surface area contributed by atoms with Gasteiger partial charge in [0, 0.05) is 66.4 Å². The number of piperidine rings is 1. The Morgan fingerprint density at radius 1 is 1.00 bits per heavy atom. The van der Waals surface area contributed by atoms with Crippen LogP contribution in [-0.4, -0.2) is 81.0 Å². The summed E-state index contributed by atoms with van der Waals surface area (Å²) in [6.45, 7) is 2.23. The minimum Gasteiger partial charge on any atom is -0.388 e. The molecule has 2 aliphatic rings. The highest BCUT2D eigenvalue weighted by atomic mass is 32.2. The van der Waals surface area contributed by atoms with Gasteiger partial charge in [0.1, 0.15) is 11.3 Å². The number of carbonyl (C=O) groups is 1. The molecule has 0 aromatic heterocycles. The summed E-state index contributed by atoms with van der Waals surface area (Å²) in [5.74, 6) is -0.192. The molecule has 0 bridgehead atoms. The summed E-state index contributed by atoms with van der Waals surface area (Å²) in [5.41, 5.74) is 2.56. The number of nitrogens with one attached hydrogen (secondary N) is 2. The Morgan fingerprint density at radius 2 is 1.67 bits per heavy atom. The molecular formula is C38H42N6O6S2. The van der Waals surface area contributed by atoms with E-state index in [0.29, 0.717) is 12.2 Å². The van der Waals surface area contributed by atoms with Crippen LogP contribution in [0.5, 0.6) is 0 Å². The van der Waals surface area contributed by atoms with Crippen molar-refractivity contribution in [3.05, 3.63) is 124 Å². The smallest absolute Gasteiger partial charge is 0.293 e. The monoisotopic (exact) mass is 742 g/mol. The summed E-state index contributed by atoms with van der Waals surface area (Å²) in [6, 6.07) is 30.1. The van der Waals surface area contributed by atoms with Crippen molar-refractivity contribution in [3.8, 4) is 0 Å². The molecule has 52 heavy (non-hydrogen) atoms. The van der Waals surface area contributed by atoms with E-state index < -0.39 is 26.5 Å². The van der Waals surface area contributed by atoms with E-state index in [9.17, 15) is 23.3 Å². The maximum absolute atomic E-state index is 13.3. The van der Waals surface area contributed by atoms with Crippen molar-refractivity contribution in [2.24, 2.45) is 5.16 Å². The zero-order valence-electron chi connectivity index (χ0n) is 29.1. The van der Waals surface area contributed by atoms with Gasteiger partial charge in [0.2, 0.25) is 0 Å². The number of thioether (sulfide) groups is 1. The van der Waals surface area contributed by atoms with Crippen molar-refractivity contribution < 1.29 is 23.0 Å². The SMILES string of the molecule is CN(C)CCC(CSc1ccccc1)Nc1ccc(S(=O)(=O)NC(=O)c2ccc(N3CCC4(CC3)CC(c3ccccc3)=NO4)cc2)cc1[N+](=O)[O-]. The molecular weight excluding hydrogens is 701 g/mol. The fourth-order valence-corrected chi connectivity index (χ4v) is 8.29. The number of oxime groups is 1. The van der Waals surface area contributed by atoms with E-state index in [1.807, 2.05) is 79.7 Å². The van der Waals surface area contributed by atoms with E-state index in [1.165, 1.54) is 12.1 Å². The van der Waals surface area contributed by atoms with E-state index >= 15 is 0 Å². The fourth-order valence-electron chi connectivity index (χ4n) is 6.31. The molecule has 12 nitrogen and oxygen atoms in total. The number of hydrogen-bond acceptors (Lipinski definition) is 11. The lowest BCUT2D eigenvalue weighted by Crippen LogP contribution is -2.44. The van der Waals surface area contributed by atoms with Crippen LogP contribution in [0.3, 0.4) is 0 Å². The second kappa shape index (κ2) is 16.2. The average Bonchev–Trinajstić information content (AvgIpc) is 3.56. The topological polar surface area (TPSA) is 146 Å². The number of rotatable bonds is 14. The van der Waals surface area contributed by atoms with Gasteiger partial charge in [-0.15, -0.1) is 11.8 Å². The van der Waals surface area contributed by atoms with Crippen molar-refractivity contribution >= 4 is 50.5 Å². The molecule has 1 fully saturated rings. The number of nitro groups is 1. The van der Waals surface area contributed by atoms with Gasteiger partial charge in [-0.25, -0.2) is 13.1 Å². The van der Waals surface area contributed by atoms with E-state index in [4.69, 9.17) is 4.84 Å². The minimum absolute atomic E-state index is 0.139. The third kappa shape index (κ3) is 9.11. The molecule has 4 aromatic carbocycles. The molecule has 1 saturated heterocycles. The highest BCUT2D eigenvalue weighted by Gasteiger charge is 2.42. The third-order valence-electron chi connectivity index (χ3n) is 9.30. The minimum atomic E-state index is -4.42. The molecule has 1 amide bonds. The van der Waals surface area contributed by atoms with Gasteiger partial charge in [-0.05, 0) is 81.2 Å². The van der Waals surface area contributed by atoms with Crippen LogP contribution in [0.25, 0.3) is 0 Å². The normalized spacial score (nSPS) is 15.9. The fraction of sp³-hybridized carbons (Fsp3) is 0.316. The predicted octanol–water partition coefficient (Wildman–Crippen LogP) is 6.40. The van der Waals surface area contributed by atoms with Crippen LogP contribution < -0.4 is 14.9 Å². The summed E-state index contributed by atoms with van der Waals surface area (Å²) in [6.07, 6.45) is 3.04. The van der Waals surface area contributed by atoms with Crippen molar-refractivity contribution in [2.45, 2.75) is 47.1 Å². The van der Waals surface area contributed by atoms with E-state index in [2.05, 4.69) is 20.1 Å². The molecule has 0 aliphatic carbocycles. The van der Waals surface area contributed by atoms with E-state index in [-0.39, 0.29) is 27.8 Å². The molecule has 6 rings (SSSR count). The quantitative estimate of drug-likeness (QED) is 0.0846. The molecule has 0 radical (unpaired) electrons. The first kappa shape index (κ1) is 36.9. The van der Waals surface area contributed by atoms with Crippen molar-refractivity contribution in [3.63, 3.8) is 0 Å². The number of nitrogens with zero attached hydrogens (tertiary/aromatic N) is 4. The maximum Gasteiger partial charge on any atom is 0.293 e. The number of sulfonamides is 1. The second-order valence-electron chi connectivity index (χ2n) is 13.3. The Hall–Kier alpha value is -4.92. The summed E-state index contributed by atoms with van der Waals surface area (Å²) >= 11 is 1.63. The summed E-state index contributed by atoms with van der Waals surface area (Å²) in [4.78, 5) is 35.5. The van der Waals surface area contributed by atoms with Gasteiger partial charge in [0.15, 0.2) is 0 Å². The van der Waals surface area contributed by atoms with Gasteiger partial charge >= 0.3 is 0 Å². The number of nitro benzene ring substituents is 1. The Balaban J connectivity index is 1.07. The maximum atomic E-state index is 13.3. The van der Waals surface area contributed by atoms with Gasteiger partial charge < -0.3 is 20.0 Å². The summed E-state index contributed by atoms with van der Waals surface area (Å²) in [5, 5.41) is 19.8. The van der Waals surface area contributed by atoms with Gasteiger partial charge in [-0.2, -0.15) is 0 Å². The number of benzene rings is 4. The highest BCUT2D eigenvalue weighted by molar-refractivity contribution is 7.99. The zero-order valence-corrected chi connectivity index (χ0v) is 30.7. The van der Waals surface area contributed by atoms with Crippen LogP contribution in [0.15, 0.2) is 118 Å². The standard InChI is InChI=1S/C38H42N6O6S2/c1-42(2)22-19-30(27-51-32-11-7-4-8-12-32)39-34-18-17-33(25-36(34)44(46)47)52(48,49)41-37(45)29-13-15-31(16-14-29)43-23-20-38(21-24-43)26-35(40-50-38)28-9-5-3-6-10-28/h3-18,25,30,39H,19-24,26-27H2,1-2H3,(H,41,45). The Kier molecular flexibility index (Phi) is 11.5. The molecule has 1 spiro atoms. The van der Waals surface area contributed by atoms with Crippen LogP contribution in [0.1, 0.15) is 41.6 Å². The molecule has 14 heteroatoms. The van der Waals surface area contributed by atoms with E-state index in [1.54, 1.807) is 36.0 Å². The lowest BCUT2D eigenvalue weighted by atomic mass is 9.85. The molecule has 272 valence electrons. The lowest BCUT2D eigenvalue weighted by molar-refractivity contribution is -0.384. The van der Waals surface area contributed by atoms with Crippen LogP contribution in [-0.2, 0) is 14.9 Å². The summed E-state index contributed by atoms with van der Waals surface area (Å²) in [7, 11) is -0.509. The van der Waals surface area contributed by atoms with Crippen molar-refractivity contribution in [1.82, 2.24) is 9.62 Å². The van der Waals surface area contributed by atoms with Crippen molar-refractivity contribution in [1.29, 1.82) is 0 Å². The first-order valence-electron chi connectivity index (χ1n) is 17.1. The van der Waals surface area contributed by atoms with Crippen molar-refractivity contribution in [2.75, 3.05) is 49.7 Å². The van der Waals surface area contributed by atoms with Gasteiger partial charge in [0.05, 0.1) is 15.5 Å². The molecule has 1 atom stereocenters. The molecule has 4 aromatic rings. The van der Waals surface area contributed by atoms with Gasteiger partial charge in [0.25, 0.3) is 21.6 Å². The first-order valence-corrected chi connectivity index (χ1v) is 19.6. The first-order chi connectivity index (χ1) is 25.0. The van der Waals surface area contributed by atoms with Crippen LogP contribution in [0, 0.1) is 10.1 Å². The predicted molar refractivity (Wildman–Crippen MR) is 205 cm³/mol. The summed E-state index contributed by atoms with van der Waals surface area (Å²) < 4.78 is 28.7. The van der Waals surface area contributed by atoms with Crippen LogP contribution >= 0.6 is 11.8 Å². The van der Waals surface area contributed by atoms with Gasteiger partial charge in [-0.3, -0.25) is 14.9 Å². The zero-order chi connectivity index (χ0) is 36.7. The Labute approximate surface area is 308 Å². The van der Waals surface area contributed by atoms with E-state index in [0.717, 1.165) is 66.8 Å². The van der Waals surface area contributed by atoms with Crippen LogP contribution in [0.4, 0.5) is 17.1 Å². The Bertz CT molecular complexity index is 2000. The van der Waals surface area contributed by atoms with Gasteiger partial charge in [-0.1, -0.05) is 53.7 Å². The second-order valence-corrected chi connectivity index (χ2v) is 16.1. The molecule has 1 unspecified atom stereocenters. The number of hydrogen-bond donors (Lipinski definition) is 2. The average molecular weight is 743 g/mol. The van der Waals surface area contributed by atoms with Crippen LogP contribution in [0.2, 0.25) is 0 Å². The number of amides is 1. The highest BCUT2D eigenvalue weighted by Crippen LogP contribution is 2.37. The largest absolute Gasteiger partial charge is 0.388 e. The Morgan fingerprint density at radius 3 is 2.33 bits per heavy atom. The molecule has 2 N–H and O–H groups in total.